The molecule has 0 bridgehead atoms. The molecule has 0 saturated heterocycles. The Bertz CT molecular complexity index is 1310. The summed E-state index contributed by atoms with van der Waals surface area (Å²) >= 11 is 0. The molecule has 5 nitrogen and oxygen atoms in total. The average molecular weight is 493 g/mol. The molecule has 0 fully saturated rings. The average Bonchev–Trinajstić information content (AvgIpc) is 2.87. The molecule has 0 saturated carbocycles. The zero-order valence-electron chi connectivity index (χ0n) is 19.3. The molecule has 1 aliphatic heterocycles. The highest BCUT2D eigenvalue weighted by Crippen LogP contribution is 2.38. The Kier molecular flexibility index (Phi) is 7.30. The molecule has 36 heavy (non-hydrogen) atoms. The van der Waals surface area contributed by atoms with E-state index in [1.54, 1.807) is 78.9 Å². The fraction of sp³-hybridized carbons (Fsp3) is 0.214. The van der Waals surface area contributed by atoms with E-state index < -0.39 is 31.2 Å². The summed E-state index contributed by atoms with van der Waals surface area (Å²) in [5.41, 5.74) is 2.07. The van der Waals surface area contributed by atoms with E-state index in [0.717, 1.165) is 0 Å². The summed E-state index contributed by atoms with van der Waals surface area (Å²) < 4.78 is 54.9. The lowest BCUT2D eigenvalue weighted by Crippen LogP contribution is -2.34. The predicted octanol–water partition coefficient (Wildman–Crippen LogP) is 6.34. The molecular weight excluding hydrogens is 471 g/mol. The van der Waals surface area contributed by atoms with E-state index in [-0.39, 0.29) is 17.3 Å². The highest BCUT2D eigenvalue weighted by molar-refractivity contribution is 6.04. The van der Waals surface area contributed by atoms with E-state index in [2.05, 4.69) is 6.07 Å². The molecular formula is C28H22F3NO4. The van der Waals surface area contributed by atoms with Gasteiger partial charge in [-0.1, -0.05) is 42.5 Å². The Labute approximate surface area is 206 Å². The van der Waals surface area contributed by atoms with E-state index in [1.807, 2.05) is 0 Å². The highest BCUT2D eigenvalue weighted by Gasteiger charge is 2.37. The Morgan fingerprint density at radius 3 is 2.50 bits per heavy atom. The van der Waals surface area contributed by atoms with Crippen molar-refractivity contribution in [2.24, 2.45) is 0 Å². The summed E-state index contributed by atoms with van der Waals surface area (Å²) in [5, 5.41) is 9.12. The number of ether oxygens (including phenoxy) is 3. The predicted molar refractivity (Wildman–Crippen MR) is 127 cm³/mol. The summed E-state index contributed by atoms with van der Waals surface area (Å²) in [7, 11) is 1.40. The standard InChI is InChI=1S/C28H22F3NO4/c1-34-24-8-4-5-20(27(24)35-16-15-28(29,30)31)13-14-23-25(19-11-9-18(17-32)10-12-19)26(33)21-6-2-3-7-22(21)36-23/h2-14,23,25H,15-16H2,1H3/b14-13+. The lowest BCUT2D eigenvalue weighted by molar-refractivity contribution is -0.139. The number of ketones is 1. The molecule has 1 aliphatic rings. The molecule has 0 radical (unpaired) electrons. The lowest BCUT2D eigenvalue weighted by Gasteiger charge is -2.31. The molecule has 184 valence electrons. The van der Waals surface area contributed by atoms with Crippen LogP contribution >= 0.6 is 0 Å². The van der Waals surface area contributed by atoms with Crippen molar-refractivity contribution in [1.29, 1.82) is 5.26 Å². The van der Waals surface area contributed by atoms with Gasteiger partial charge >= 0.3 is 6.18 Å². The molecule has 0 aliphatic carbocycles. The number of benzene rings is 3. The van der Waals surface area contributed by atoms with Crippen LogP contribution in [-0.2, 0) is 0 Å². The number of methoxy groups -OCH3 is 1. The van der Waals surface area contributed by atoms with Gasteiger partial charge < -0.3 is 14.2 Å². The van der Waals surface area contributed by atoms with Gasteiger partial charge in [-0.05, 0) is 42.0 Å². The van der Waals surface area contributed by atoms with Crippen LogP contribution in [0.15, 0.2) is 72.8 Å². The first-order valence-corrected chi connectivity index (χ1v) is 11.2. The quantitative estimate of drug-likeness (QED) is 0.384. The van der Waals surface area contributed by atoms with Crippen molar-refractivity contribution < 1.29 is 32.2 Å². The van der Waals surface area contributed by atoms with Gasteiger partial charge in [-0.2, -0.15) is 18.4 Å². The SMILES string of the molecule is COc1cccc(/C=C/C2Oc3ccccc3C(=O)C2c2ccc(C#N)cc2)c1OCCC(F)(F)F. The second-order valence-corrected chi connectivity index (χ2v) is 8.11. The zero-order chi connectivity index (χ0) is 25.7. The minimum absolute atomic E-state index is 0.136. The van der Waals surface area contributed by atoms with Gasteiger partial charge in [0.25, 0.3) is 0 Å². The van der Waals surface area contributed by atoms with E-state index >= 15 is 0 Å². The first-order chi connectivity index (χ1) is 17.3. The largest absolute Gasteiger partial charge is 0.493 e. The van der Waals surface area contributed by atoms with Gasteiger partial charge in [0.1, 0.15) is 11.9 Å². The van der Waals surface area contributed by atoms with Gasteiger partial charge in [0, 0.05) is 5.56 Å². The third-order valence-corrected chi connectivity index (χ3v) is 5.75. The fourth-order valence-corrected chi connectivity index (χ4v) is 4.01. The number of hydrogen-bond acceptors (Lipinski definition) is 5. The van der Waals surface area contributed by atoms with Crippen LogP contribution in [0.4, 0.5) is 13.2 Å². The van der Waals surface area contributed by atoms with Crippen LogP contribution in [0.5, 0.6) is 17.2 Å². The number of para-hydroxylation sites is 2. The van der Waals surface area contributed by atoms with Gasteiger partial charge in [-0.15, -0.1) is 0 Å². The molecule has 2 atom stereocenters. The van der Waals surface area contributed by atoms with E-state index in [4.69, 9.17) is 19.5 Å². The molecule has 2 unspecified atom stereocenters. The summed E-state index contributed by atoms with van der Waals surface area (Å²) in [4.78, 5) is 13.5. The number of hydrogen-bond donors (Lipinski definition) is 0. The molecule has 3 aromatic carbocycles. The Morgan fingerprint density at radius 1 is 1.06 bits per heavy atom. The Morgan fingerprint density at radius 2 is 1.81 bits per heavy atom. The second kappa shape index (κ2) is 10.6. The molecule has 1 heterocycles. The van der Waals surface area contributed by atoms with Crippen molar-refractivity contribution in [2.75, 3.05) is 13.7 Å². The molecule has 0 aromatic heterocycles. The first kappa shape index (κ1) is 24.9. The van der Waals surface area contributed by atoms with Crippen molar-refractivity contribution in [3.8, 4) is 23.3 Å². The summed E-state index contributed by atoms with van der Waals surface area (Å²) in [6.07, 6.45) is -2.84. The third-order valence-electron chi connectivity index (χ3n) is 5.75. The number of halogens is 3. The molecule has 8 heteroatoms. The second-order valence-electron chi connectivity index (χ2n) is 8.11. The topological polar surface area (TPSA) is 68.5 Å². The van der Waals surface area contributed by atoms with Crippen LogP contribution in [0.3, 0.4) is 0 Å². The maximum atomic E-state index is 13.5. The van der Waals surface area contributed by atoms with Crippen molar-refractivity contribution in [3.05, 3.63) is 95.1 Å². The highest BCUT2D eigenvalue weighted by atomic mass is 19.4. The van der Waals surface area contributed by atoms with Crippen molar-refractivity contribution in [3.63, 3.8) is 0 Å². The van der Waals surface area contributed by atoms with Crippen LogP contribution < -0.4 is 14.2 Å². The van der Waals surface area contributed by atoms with E-state index in [0.29, 0.717) is 28.0 Å². The van der Waals surface area contributed by atoms with Gasteiger partial charge in [-0.25, -0.2) is 0 Å². The number of nitrogens with zero attached hydrogens (tertiary/aromatic N) is 1. The van der Waals surface area contributed by atoms with Crippen LogP contribution in [0, 0.1) is 11.3 Å². The molecule has 0 N–H and O–H groups in total. The Hall–Kier alpha value is -4.25. The normalized spacial score (nSPS) is 17.2. The number of carbonyl (C=O) groups excluding carboxylic acids is 1. The summed E-state index contributed by atoms with van der Waals surface area (Å²) in [5.74, 6) is 0.0637. The smallest absolute Gasteiger partial charge is 0.392 e. The Balaban J connectivity index is 1.69. The number of Topliss-reactive ketones (excluding diaryl/α,β-unsaturated/α-hetero) is 1. The number of carbonyl (C=O) groups is 1. The molecule has 4 rings (SSSR count). The van der Waals surface area contributed by atoms with Gasteiger partial charge in [0.2, 0.25) is 0 Å². The summed E-state index contributed by atoms with van der Waals surface area (Å²) in [6.45, 7) is -0.565. The number of rotatable bonds is 7. The van der Waals surface area contributed by atoms with Crippen LogP contribution in [0.2, 0.25) is 0 Å². The molecule has 3 aromatic rings. The first-order valence-electron chi connectivity index (χ1n) is 11.2. The third kappa shape index (κ3) is 5.52. The summed E-state index contributed by atoms with van der Waals surface area (Å²) in [6, 6.07) is 20.7. The molecule has 0 spiro atoms. The van der Waals surface area contributed by atoms with E-state index in [9.17, 15) is 18.0 Å². The van der Waals surface area contributed by atoms with Gasteiger partial charge in [0.05, 0.1) is 43.3 Å². The van der Waals surface area contributed by atoms with Crippen LogP contribution in [-0.4, -0.2) is 31.8 Å². The van der Waals surface area contributed by atoms with Crippen molar-refractivity contribution in [1.82, 2.24) is 0 Å². The van der Waals surface area contributed by atoms with Gasteiger partial charge in [0.15, 0.2) is 17.3 Å². The fourth-order valence-electron chi connectivity index (χ4n) is 4.01. The van der Waals surface area contributed by atoms with E-state index in [1.165, 1.54) is 7.11 Å². The lowest BCUT2D eigenvalue weighted by atomic mass is 9.83. The van der Waals surface area contributed by atoms with Crippen LogP contribution in [0.25, 0.3) is 6.08 Å². The minimum atomic E-state index is -4.35. The monoisotopic (exact) mass is 493 g/mol. The zero-order valence-corrected chi connectivity index (χ0v) is 19.3. The maximum absolute atomic E-state index is 13.5. The van der Waals surface area contributed by atoms with Crippen molar-refractivity contribution in [2.45, 2.75) is 24.6 Å². The number of alkyl halides is 3. The molecule has 0 amide bonds. The van der Waals surface area contributed by atoms with Crippen LogP contribution in [0.1, 0.15) is 39.4 Å². The van der Waals surface area contributed by atoms with Gasteiger partial charge in [-0.3, -0.25) is 4.79 Å². The number of fused-ring (bicyclic) bond motifs is 1. The number of nitriles is 1. The minimum Gasteiger partial charge on any atom is -0.493 e. The maximum Gasteiger partial charge on any atom is 0.392 e. The van der Waals surface area contributed by atoms with Crippen molar-refractivity contribution >= 4 is 11.9 Å².